The van der Waals surface area contributed by atoms with Crippen LogP contribution >= 0.6 is 0 Å². The van der Waals surface area contributed by atoms with Crippen LogP contribution in [-0.4, -0.2) is 70.1 Å². The number of rotatable bonds is 7. The Balaban J connectivity index is 1.41. The number of hydrazine groups is 1. The minimum absolute atomic E-state index is 0.0516. The van der Waals surface area contributed by atoms with E-state index in [-0.39, 0.29) is 36.8 Å². The van der Waals surface area contributed by atoms with Gasteiger partial charge in [-0.3, -0.25) is 9.59 Å². The predicted octanol–water partition coefficient (Wildman–Crippen LogP) is 4.10. The first-order valence-corrected chi connectivity index (χ1v) is 13.4. The van der Waals surface area contributed by atoms with Gasteiger partial charge in [-0.05, 0) is 39.6 Å². The Bertz CT molecular complexity index is 1540. The molecule has 0 aromatic heterocycles. The van der Waals surface area contributed by atoms with Crippen molar-refractivity contribution in [1.82, 2.24) is 25.1 Å². The molecule has 1 saturated heterocycles. The van der Waals surface area contributed by atoms with E-state index in [0.29, 0.717) is 18.7 Å². The number of benzene rings is 4. The summed E-state index contributed by atoms with van der Waals surface area (Å²) in [6.45, 7) is 0.465. The number of carbonyl (C=O) groups is 3. The number of hydrogen-bond acceptors (Lipinski definition) is 5. The van der Waals surface area contributed by atoms with Crippen molar-refractivity contribution in [3.63, 3.8) is 0 Å². The Hall–Kier alpha value is -4.89. The summed E-state index contributed by atoms with van der Waals surface area (Å²) < 4.78 is 0. The van der Waals surface area contributed by atoms with Gasteiger partial charge in [0.05, 0.1) is 6.54 Å². The number of amides is 4. The topological polar surface area (TPSA) is 96.4 Å². The van der Waals surface area contributed by atoms with Crippen molar-refractivity contribution in [2.45, 2.75) is 19.1 Å². The van der Waals surface area contributed by atoms with Crippen LogP contribution in [-0.2, 0) is 22.7 Å². The van der Waals surface area contributed by atoms with Crippen LogP contribution < -0.4 is 5.32 Å². The third-order valence-corrected chi connectivity index (χ3v) is 7.32. The van der Waals surface area contributed by atoms with E-state index in [4.69, 9.17) is 0 Å². The van der Waals surface area contributed by atoms with E-state index in [1.807, 2.05) is 72.8 Å². The quantitative estimate of drug-likeness (QED) is 0.361. The molecule has 1 unspecified atom stereocenters. The van der Waals surface area contributed by atoms with Crippen molar-refractivity contribution in [3.8, 4) is 5.75 Å². The Labute approximate surface area is 239 Å². The average Bonchev–Trinajstić information content (AvgIpc) is 2.98. The summed E-state index contributed by atoms with van der Waals surface area (Å²) in [6.07, 6.45) is 0. The highest BCUT2D eigenvalue weighted by Gasteiger charge is 2.40. The Morgan fingerprint density at radius 1 is 0.927 bits per heavy atom. The normalized spacial score (nSPS) is 14.6. The minimum atomic E-state index is -0.999. The molecule has 9 heteroatoms. The van der Waals surface area contributed by atoms with Crippen molar-refractivity contribution in [3.05, 3.63) is 114 Å². The molecule has 5 rings (SSSR count). The lowest BCUT2D eigenvalue weighted by Gasteiger charge is -2.44. The maximum Gasteiger partial charge on any atom is 0.333 e. The minimum Gasteiger partial charge on any atom is -0.508 e. The maximum atomic E-state index is 14.1. The molecule has 1 fully saturated rings. The number of phenolic OH excluding ortho intramolecular Hbond substituents is 1. The molecule has 0 radical (unpaired) electrons. The van der Waals surface area contributed by atoms with Gasteiger partial charge >= 0.3 is 6.03 Å². The van der Waals surface area contributed by atoms with Crippen LogP contribution in [0.15, 0.2) is 97.1 Å². The Morgan fingerprint density at radius 3 is 2.37 bits per heavy atom. The molecule has 1 heterocycles. The van der Waals surface area contributed by atoms with Crippen LogP contribution in [0.5, 0.6) is 5.75 Å². The first-order chi connectivity index (χ1) is 19.8. The number of fused-ring (bicyclic) bond motifs is 1. The van der Waals surface area contributed by atoms with E-state index < -0.39 is 6.04 Å². The Morgan fingerprint density at radius 2 is 1.61 bits per heavy atom. The zero-order valence-corrected chi connectivity index (χ0v) is 23.1. The van der Waals surface area contributed by atoms with Crippen LogP contribution in [0.2, 0.25) is 0 Å². The molecule has 0 bridgehead atoms. The van der Waals surface area contributed by atoms with Gasteiger partial charge in [-0.1, -0.05) is 84.9 Å². The van der Waals surface area contributed by atoms with Gasteiger partial charge in [-0.2, -0.15) is 0 Å². The van der Waals surface area contributed by atoms with Gasteiger partial charge in [0.25, 0.3) is 0 Å². The number of urea groups is 1. The number of nitrogens with zero attached hydrogens (tertiary/aromatic N) is 4. The molecule has 0 aliphatic carbocycles. The van der Waals surface area contributed by atoms with Gasteiger partial charge in [-0.25, -0.2) is 14.8 Å². The highest BCUT2D eigenvalue weighted by atomic mass is 16.3. The lowest BCUT2D eigenvalue weighted by atomic mass is 10.0. The molecule has 41 heavy (non-hydrogen) atoms. The molecule has 4 amide bonds. The highest BCUT2D eigenvalue weighted by molar-refractivity contribution is 5.91. The lowest BCUT2D eigenvalue weighted by molar-refractivity contribution is -0.161. The summed E-state index contributed by atoms with van der Waals surface area (Å²) in [7, 11) is 3.38. The van der Waals surface area contributed by atoms with Crippen LogP contribution in [0.3, 0.4) is 0 Å². The van der Waals surface area contributed by atoms with Crippen LogP contribution in [0.1, 0.15) is 22.7 Å². The summed E-state index contributed by atoms with van der Waals surface area (Å²) in [4.78, 5) is 43.8. The second-order valence-corrected chi connectivity index (χ2v) is 10.2. The number of carbonyl (C=O) groups excluding carboxylic acids is 3. The number of aromatic hydroxyl groups is 1. The Kier molecular flexibility index (Phi) is 8.16. The number of phenols is 1. The number of nitrogens with one attached hydrogen (secondary N) is 1. The molecule has 4 aromatic rings. The average molecular weight is 552 g/mol. The molecule has 2 N–H and O–H groups in total. The van der Waals surface area contributed by atoms with Gasteiger partial charge in [0.2, 0.25) is 11.8 Å². The summed E-state index contributed by atoms with van der Waals surface area (Å²) in [5, 5.41) is 17.9. The fourth-order valence-electron chi connectivity index (χ4n) is 5.10. The molecular weight excluding hydrogens is 518 g/mol. The molecule has 4 aromatic carbocycles. The monoisotopic (exact) mass is 551 g/mol. The molecule has 1 aliphatic heterocycles. The van der Waals surface area contributed by atoms with E-state index in [2.05, 4.69) is 5.32 Å². The summed E-state index contributed by atoms with van der Waals surface area (Å²) in [6, 6.07) is 28.4. The maximum absolute atomic E-state index is 14.1. The second-order valence-electron chi connectivity index (χ2n) is 10.2. The predicted molar refractivity (Wildman–Crippen MR) is 156 cm³/mol. The van der Waals surface area contributed by atoms with E-state index in [1.165, 1.54) is 22.0 Å². The van der Waals surface area contributed by atoms with Crippen LogP contribution in [0, 0.1) is 0 Å². The highest BCUT2D eigenvalue weighted by Crippen LogP contribution is 2.29. The fraction of sp³-hybridized carbons (Fsp3) is 0.219. The van der Waals surface area contributed by atoms with E-state index in [9.17, 15) is 19.5 Å². The van der Waals surface area contributed by atoms with Crippen LogP contribution in [0.4, 0.5) is 4.79 Å². The van der Waals surface area contributed by atoms with Gasteiger partial charge in [0.15, 0.2) is 0 Å². The van der Waals surface area contributed by atoms with Crippen molar-refractivity contribution in [1.29, 1.82) is 0 Å². The molecule has 1 aliphatic rings. The van der Waals surface area contributed by atoms with Gasteiger partial charge in [-0.15, -0.1) is 0 Å². The third kappa shape index (κ3) is 6.15. The smallest absolute Gasteiger partial charge is 0.333 e. The first kappa shape index (κ1) is 27.7. The standard InChI is InChI=1S/C32H33N5O4/c1-34(20-26-13-8-12-24-11-6-7-14-28(24)26)31(40)30(25-15-17-27(38)18-16-25)36-22-37(35(2)21-29(36)39)32(41)33-19-23-9-4-3-5-10-23/h3-18,30,38H,19-22H2,1-2H3,(H,33,41). The van der Waals surface area contributed by atoms with E-state index >= 15 is 0 Å². The van der Waals surface area contributed by atoms with Crippen LogP contribution in [0.25, 0.3) is 10.8 Å². The van der Waals surface area contributed by atoms with E-state index in [1.54, 1.807) is 36.1 Å². The van der Waals surface area contributed by atoms with Gasteiger partial charge in [0, 0.05) is 27.2 Å². The van der Waals surface area contributed by atoms with Crippen molar-refractivity contribution < 1.29 is 19.5 Å². The molecule has 9 nitrogen and oxygen atoms in total. The largest absolute Gasteiger partial charge is 0.508 e. The lowest BCUT2D eigenvalue weighted by Crippen LogP contribution is -2.63. The van der Waals surface area contributed by atoms with Crippen molar-refractivity contribution >= 4 is 28.6 Å². The molecule has 210 valence electrons. The van der Waals surface area contributed by atoms with Crippen molar-refractivity contribution in [2.75, 3.05) is 27.3 Å². The SMILES string of the molecule is CN(Cc1cccc2ccccc12)C(=O)C(c1ccc(O)cc1)N1CN(C(=O)NCc2ccccc2)N(C)CC1=O. The summed E-state index contributed by atoms with van der Waals surface area (Å²) in [5.74, 6) is -0.536. The number of likely N-dealkylation sites (N-methyl/N-ethyl adjacent to an activating group) is 2. The first-order valence-electron chi connectivity index (χ1n) is 13.4. The number of hydrogen-bond donors (Lipinski definition) is 2. The summed E-state index contributed by atoms with van der Waals surface area (Å²) in [5.41, 5.74) is 2.47. The fourth-order valence-corrected chi connectivity index (χ4v) is 5.10. The van der Waals surface area contributed by atoms with E-state index in [0.717, 1.165) is 21.9 Å². The van der Waals surface area contributed by atoms with Gasteiger partial charge < -0.3 is 20.2 Å². The zero-order valence-electron chi connectivity index (χ0n) is 23.1. The zero-order chi connectivity index (χ0) is 28.9. The molecule has 0 saturated carbocycles. The molecule has 1 atom stereocenters. The van der Waals surface area contributed by atoms with Gasteiger partial charge in [0.1, 0.15) is 18.5 Å². The van der Waals surface area contributed by atoms with Crippen molar-refractivity contribution in [2.24, 2.45) is 0 Å². The summed E-state index contributed by atoms with van der Waals surface area (Å²) >= 11 is 0. The second kappa shape index (κ2) is 12.1. The third-order valence-electron chi connectivity index (χ3n) is 7.32. The molecule has 0 spiro atoms. The molecular formula is C32H33N5O4.